The molecule has 0 radical (unpaired) electrons. The third kappa shape index (κ3) is 6.17. The molecule has 220 valence electrons. The zero-order chi connectivity index (χ0) is 30.6. The van der Waals surface area contributed by atoms with E-state index in [0.717, 1.165) is 33.9 Å². The molecule has 0 saturated carbocycles. The zero-order valence-corrected chi connectivity index (χ0v) is 26.8. The Morgan fingerprint density at radius 3 is 2.27 bits per heavy atom. The van der Waals surface area contributed by atoms with Crippen molar-refractivity contribution in [1.29, 1.82) is 0 Å². The van der Waals surface area contributed by atoms with E-state index in [0.29, 0.717) is 17.0 Å². The first-order valence-corrected chi connectivity index (χ1v) is 15.7. The number of pyridine rings is 1. The molecule has 6 aromatic rings. The number of carbonyl (C=O) groups excluding carboxylic acids is 1. The molecule has 1 heterocycles. The molecule has 0 amide bonds. The molecule has 0 fully saturated rings. The summed E-state index contributed by atoms with van der Waals surface area (Å²) >= 11 is 3.50. The molecular weight excluding hydrogens is 608 g/mol. The maximum Gasteiger partial charge on any atom is 0.217 e. The van der Waals surface area contributed by atoms with Crippen molar-refractivity contribution in [3.05, 3.63) is 154 Å². The van der Waals surface area contributed by atoms with Crippen LogP contribution in [0.5, 0.6) is 5.88 Å². The van der Waals surface area contributed by atoms with Gasteiger partial charge in [-0.05, 0) is 91.3 Å². The van der Waals surface area contributed by atoms with E-state index in [-0.39, 0.29) is 17.6 Å². The van der Waals surface area contributed by atoms with Gasteiger partial charge in [-0.3, -0.25) is 4.79 Å². The molecule has 2 unspecified atom stereocenters. The lowest BCUT2D eigenvalue weighted by atomic mass is 9.74. The van der Waals surface area contributed by atoms with E-state index in [1.807, 2.05) is 42.5 Å². The summed E-state index contributed by atoms with van der Waals surface area (Å²) in [5.41, 5.74) is 5.57. The van der Waals surface area contributed by atoms with Crippen LogP contribution in [0.4, 0.5) is 0 Å². The van der Waals surface area contributed by atoms with Gasteiger partial charge in [-0.25, -0.2) is 4.98 Å². The number of rotatable bonds is 10. The van der Waals surface area contributed by atoms with Crippen molar-refractivity contribution in [3.63, 3.8) is 0 Å². The van der Waals surface area contributed by atoms with Crippen molar-refractivity contribution in [2.24, 2.45) is 0 Å². The van der Waals surface area contributed by atoms with Crippen molar-refractivity contribution < 1.29 is 9.53 Å². The van der Waals surface area contributed by atoms with Gasteiger partial charge in [-0.15, -0.1) is 0 Å². The maximum atomic E-state index is 13.5. The molecule has 44 heavy (non-hydrogen) atoms. The summed E-state index contributed by atoms with van der Waals surface area (Å²) < 4.78 is 6.90. The van der Waals surface area contributed by atoms with Gasteiger partial charge in [0.05, 0.1) is 12.6 Å². The molecule has 0 aliphatic carbocycles. The summed E-state index contributed by atoms with van der Waals surface area (Å²) in [5.74, 6) is 0.668. The molecule has 0 aliphatic heterocycles. The fourth-order valence-electron chi connectivity index (χ4n) is 6.26. The Morgan fingerprint density at radius 2 is 1.50 bits per heavy atom. The minimum absolute atomic E-state index is 0.0233. The molecule has 5 heteroatoms. The highest BCUT2D eigenvalue weighted by Crippen LogP contribution is 2.46. The minimum atomic E-state index is -0.0433. The molecule has 4 nitrogen and oxygen atoms in total. The van der Waals surface area contributed by atoms with E-state index in [4.69, 9.17) is 9.72 Å². The summed E-state index contributed by atoms with van der Waals surface area (Å²) in [6.45, 7) is 0.922. The number of ketones is 1. The number of hydrogen-bond donors (Lipinski definition) is 0. The second-order valence-corrected chi connectivity index (χ2v) is 12.4. The number of halogens is 1. The van der Waals surface area contributed by atoms with E-state index < -0.39 is 0 Å². The molecule has 0 spiro atoms. The van der Waals surface area contributed by atoms with Crippen LogP contribution in [0.1, 0.15) is 50.9 Å². The highest BCUT2D eigenvalue weighted by Gasteiger charge is 2.31. The van der Waals surface area contributed by atoms with Crippen LogP contribution in [-0.4, -0.2) is 43.4 Å². The number of fused-ring (bicyclic) bond motifs is 2. The van der Waals surface area contributed by atoms with Crippen LogP contribution in [-0.2, 0) is 0 Å². The second-order valence-electron chi connectivity index (χ2n) is 11.5. The van der Waals surface area contributed by atoms with Gasteiger partial charge in [0.25, 0.3) is 0 Å². The van der Waals surface area contributed by atoms with Gasteiger partial charge in [-0.2, -0.15) is 0 Å². The highest BCUT2D eigenvalue weighted by atomic mass is 79.9. The SMILES string of the molecule is COc1nc2ccc(C(=O)c3cccc(Br)c3)cc2cc1C(c1ccccc1)C(CCN(C)C)c1cccc2ccccc12. The van der Waals surface area contributed by atoms with Crippen LogP contribution in [0.15, 0.2) is 126 Å². The van der Waals surface area contributed by atoms with Gasteiger partial charge in [0.1, 0.15) is 0 Å². The largest absolute Gasteiger partial charge is 0.481 e. The summed E-state index contributed by atoms with van der Waals surface area (Å²) in [6, 6.07) is 41.3. The van der Waals surface area contributed by atoms with Crippen LogP contribution < -0.4 is 4.74 Å². The quantitative estimate of drug-likeness (QED) is 0.140. The Bertz CT molecular complexity index is 1930. The lowest BCUT2D eigenvalue weighted by Crippen LogP contribution is -2.21. The number of ether oxygens (including phenoxy) is 1. The molecule has 5 aromatic carbocycles. The minimum Gasteiger partial charge on any atom is -0.481 e. The first-order chi connectivity index (χ1) is 21.4. The average molecular weight is 644 g/mol. The lowest BCUT2D eigenvalue weighted by Gasteiger charge is -2.31. The van der Waals surface area contributed by atoms with Gasteiger partial charge < -0.3 is 9.64 Å². The first kappa shape index (κ1) is 29.7. The van der Waals surface area contributed by atoms with E-state index in [2.05, 4.69) is 114 Å². The van der Waals surface area contributed by atoms with Crippen molar-refractivity contribution in [3.8, 4) is 5.88 Å². The highest BCUT2D eigenvalue weighted by molar-refractivity contribution is 9.10. The van der Waals surface area contributed by atoms with Gasteiger partial charge in [0, 0.05) is 32.5 Å². The lowest BCUT2D eigenvalue weighted by molar-refractivity contribution is 0.103. The number of aromatic nitrogens is 1. The second kappa shape index (κ2) is 13.1. The van der Waals surface area contributed by atoms with Crippen LogP contribution in [0, 0.1) is 0 Å². The molecule has 0 bridgehead atoms. The fourth-order valence-corrected chi connectivity index (χ4v) is 6.66. The zero-order valence-electron chi connectivity index (χ0n) is 25.2. The van der Waals surface area contributed by atoms with Crippen molar-refractivity contribution in [2.45, 2.75) is 18.3 Å². The van der Waals surface area contributed by atoms with E-state index in [1.165, 1.54) is 21.9 Å². The predicted molar refractivity (Wildman–Crippen MR) is 184 cm³/mol. The number of benzene rings is 5. The number of hydrogen-bond acceptors (Lipinski definition) is 4. The Kier molecular flexibility index (Phi) is 8.87. The molecule has 1 aromatic heterocycles. The fraction of sp³-hybridized carbons (Fsp3) is 0.179. The molecule has 0 N–H and O–H groups in total. The Hall–Kier alpha value is -4.32. The third-order valence-corrected chi connectivity index (χ3v) is 8.85. The van der Waals surface area contributed by atoms with Crippen LogP contribution in [0.25, 0.3) is 21.7 Å². The van der Waals surface area contributed by atoms with Gasteiger partial charge >= 0.3 is 0 Å². The summed E-state index contributed by atoms with van der Waals surface area (Å²) in [6.07, 6.45) is 0.934. The smallest absolute Gasteiger partial charge is 0.217 e. The molecule has 2 atom stereocenters. The summed E-state index contributed by atoms with van der Waals surface area (Å²) in [5, 5.41) is 3.40. The normalized spacial score (nSPS) is 12.8. The van der Waals surface area contributed by atoms with Crippen LogP contribution >= 0.6 is 15.9 Å². The van der Waals surface area contributed by atoms with Gasteiger partial charge in [0.15, 0.2) is 5.78 Å². The van der Waals surface area contributed by atoms with Crippen molar-refractivity contribution >= 4 is 43.4 Å². The summed E-state index contributed by atoms with van der Waals surface area (Å²) in [7, 11) is 5.94. The van der Waals surface area contributed by atoms with Crippen molar-refractivity contribution in [1.82, 2.24) is 9.88 Å². The van der Waals surface area contributed by atoms with E-state index >= 15 is 0 Å². The number of nitrogens with zero attached hydrogens (tertiary/aromatic N) is 2. The maximum absolute atomic E-state index is 13.5. The van der Waals surface area contributed by atoms with Crippen LogP contribution in [0.2, 0.25) is 0 Å². The van der Waals surface area contributed by atoms with E-state index in [1.54, 1.807) is 7.11 Å². The Balaban J connectivity index is 1.56. The Morgan fingerprint density at radius 1 is 0.773 bits per heavy atom. The average Bonchev–Trinajstić information content (AvgIpc) is 3.05. The topological polar surface area (TPSA) is 42.4 Å². The van der Waals surface area contributed by atoms with Gasteiger partial charge in [-0.1, -0.05) is 101 Å². The molecule has 6 rings (SSSR count). The predicted octanol–water partition coefficient (Wildman–Crippen LogP) is 9.26. The summed E-state index contributed by atoms with van der Waals surface area (Å²) in [4.78, 5) is 20.8. The van der Waals surface area contributed by atoms with Crippen LogP contribution in [0.3, 0.4) is 0 Å². The molecule has 0 aliphatic rings. The van der Waals surface area contributed by atoms with Crippen molar-refractivity contribution in [2.75, 3.05) is 27.7 Å². The Labute approximate surface area is 267 Å². The molecule has 0 saturated heterocycles. The number of carbonyl (C=O) groups is 1. The van der Waals surface area contributed by atoms with Gasteiger partial charge in [0.2, 0.25) is 5.88 Å². The molecular formula is C39H35BrN2O2. The van der Waals surface area contributed by atoms with E-state index in [9.17, 15) is 4.79 Å². The first-order valence-electron chi connectivity index (χ1n) is 14.9. The monoisotopic (exact) mass is 642 g/mol. The standard InChI is InChI=1S/C39H35BrN2O2/c1-42(2)22-21-34(33-18-10-14-26-11-7-8-17-32(26)33)37(27-12-5-4-6-13-27)35-25-30-23-29(19-20-36(30)41-39(35)44-3)38(43)28-15-9-16-31(40)24-28/h4-20,23-25,34,37H,21-22H2,1-3H3. The number of methoxy groups -OCH3 is 1. The third-order valence-electron chi connectivity index (χ3n) is 8.36.